The van der Waals surface area contributed by atoms with Crippen molar-refractivity contribution in [2.45, 2.75) is 90.5 Å². The molecule has 11 nitrogen and oxygen atoms in total. The summed E-state index contributed by atoms with van der Waals surface area (Å²) in [5.74, 6) is 0.454. The number of nitrogens with one attached hydrogen (secondary N) is 2. The highest BCUT2D eigenvalue weighted by atomic mass is 16.6. The zero-order valence-electron chi connectivity index (χ0n) is 25.9. The van der Waals surface area contributed by atoms with Crippen molar-refractivity contribution >= 4 is 29.1 Å². The molecule has 2 aliphatic rings. The van der Waals surface area contributed by atoms with Gasteiger partial charge in [-0.3, -0.25) is 14.7 Å². The first-order valence-corrected chi connectivity index (χ1v) is 15.0. The summed E-state index contributed by atoms with van der Waals surface area (Å²) in [7, 11) is 0. The number of likely N-dealkylation sites (tertiary alicyclic amines) is 2. The van der Waals surface area contributed by atoms with Gasteiger partial charge in [0.05, 0.1) is 23.1 Å². The summed E-state index contributed by atoms with van der Waals surface area (Å²) in [5, 5.41) is 2.92. The highest BCUT2D eigenvalue weighted by Gasteiger charge is 2.35. The van der Waals surface area contributed by atoms with E-state index in [2.05, 4.69) is 15.3 Å². The molecule has 2 aliphatic heterocycles. The Kier molecular flexibility index (Phi) is 8.36. The fourth-order valence-corrected chi connectivity index (χ4v) is 5.57. The molecule has 0 aliphatic carbocycles. The van der Waals surface area contributed by atoms with Crippen LogP contribution in [0.25, 0.3) is 22.2 Å². The molecule has 2 aromatic heterocycles. The van der Waals surface area contributed by atoms with Crippen LogP contribution in [0.15, 0.2) is 36.5 Å². The van der Waals surface area contributed by atoms with Gasteiger partial charge < -0.3 is 24.7 Å². The van der Waals surface area contributed by atoms with Crippen molar-refractivity contribution in [1.82, 2.24) is 30.1 Å². The van der Waals surface area contributed by atoms with Crippen molar-refractivity contribution in [3.05, 3.63) is 48.0 Å². The number of carbonyl (C=O) groups excluding carboxylic acids is 3. The molecule has 0 saturated carbocycles. The van der Waals surface area contributed by atoms with Crippen LogP contribution >= 0.6 is 0 Å². The second kappa shape index (κ2) is 11.9. The van der Waals surface area contributed by atoms with Crippen molar-refractivity contribution in [2.24, 2.45) is 0 Å². The van der Waals surface area contributed by atoms with Gasteiger partial charge in [-0.15, -0.1) is 0 Å². The SMILES string of the molecule is CC(C)(C)OC(=O)N1CCCC1CNC(=O)c1ccc(-c2ccc3nc(C4CCCN4C(=O)OC(C)(C)C)[nH]c3c2)cn1. The largest absolute Gasteiger partial charge is 0.444 e. The molecule has 2 N–H and O–H groups in total. The van der Waals surface area contributed by atoms with Crippen LogP contribution in [0.2, 0.25) is 0 Å². The predicted molar refractivity (Wildman–Crippen MR) is 163 cm³/mol. The Morgan fingerprint density at radius 2 is 1.56 bits per heavy atom. The number of hydrogen-bond donors (Lipinski definition) is 2. The van der Waals surface area contributed by atoms with Crippen LogP contribution in [0.1, 0.15) is 89.6 Å². The first-order chi connectivity index (χ1) is 20.3. The number of carbonyl (C=O) groups is 3. The molecule has 0 spiro atoms. The van der Waals surface area contributed by atoms with Crippen LogP contribution < -0.4 is 5.32 Å². The third-order valence-corrected chi connectivity index (χ3v) is 7.53. The van der Waals surface area contributed by atoms with Crippen molar-refractivity contribution < 1.29 is 23.9 Å². The standard InChI is InChI=1S/C32H42N6O5/c1-31(2,3)42-29(40)37-15-7-9-22(37)19-34-28(39)24-14-12-21(18-33-24)20-11-13-23-25(17-20)36-27(35-23)26-10-8-16-38(26)30(41)43-32(4,5)6/h11-14,17-18,22,26H,7-10,15-16,19H2,1-6H3,(H,34,39)(H,35,36). The average Bonchev–Trinajstić information content (AvgIpc) is 3.68. The molecule has 4 heterocycles. The maximum Gasteiger partial charge on any atom is 0.410 e. The fourth-order valence-electron chi connectivity index (χ4n) is 5.57. The number of H-pyrrole nitrogens is 1. The highest BCUT2D eigenvalue weighted by molar-refractivity contribution is 5.92. The lowest BCUT2D eigenvalue weighted by Crippen LogP contribution is -2.45. The molecule has 0 bridgehead atoms. The van der Waals surface area contributed by atoms with Crippen molar-refractivity contribution in [3.8, 4) is 11.1 Å². The van der Waals surface area contributed by atoms with E-state index in [9.17, 15) is 14.4 Å². The van der Waals surface area contributed by atoms with Gasteiger partial charge in [0.25, 0.3) is 5.91 Å². The number of aromatic nitrogens is 3. The normalized spacial score (nSPS) is 19.1. The minimum Gasteiger partial charge on any atom is -0.444 e. The number of nitrogens with zero attached hydrogens (tertiary/aromatic N) is 4. The van der Waals surface area contributed by atoms with Crippen molar-refractivity contribution in [2.75, 3.05) is 19.6 Å². The summed E-state index contributed by atoms with van der Waals surface area (Å²) in [6.45, 7) is 12.7. The van der Waals surface area contributed by atoms with Crippen LogP contribution in [0, 0.1) is 0 Å². The number of hydrogen-bond acceptors (Lipinski definition) is 7. The van der Waals surface area contributed by atoms with Crippen LogP contribution in [0.4, 0.5) is 9.59 Å². The van der Waals surface area contributed by atoms with E-state index in [0.717, 1.165) is 53.7 Å². The summed E-state index contributed by atoms with van der Waals surface area (Å²) in [6, 6.07) is 9.20. The molecule has 0 radical (unpaired) electrons. The van der Waals surface area contributed by atoms with Gasteiger partial charge in [0.15, 0.2) is 0 Å². The van der Waals surface area contributed by atoms with E-state index in [0.29, 0.717) is 25.3 Å². The molecule has 2 saturated heterocycles. The number of fused-ring (bicyclic) bond motifs is 1. The summed E-state index contributed by atoms with van der Waals surface area (Å²) in [5.41, 5.74) is 2.63. The molecule has 3 amide bonds. The molecule has 2 fully saturated rings. The number of ether oxygens (including phenoxy) is 2. The van der Waals surface area contributed by atoms with Crippen molar-refractivity contribution in [3.63, 3.8) is 0 Å². The van der Waals surface area contributed by atoms with Crippen LogP contribution in [0.3, 0.4) is 0 Å². The lowest BCUT2D eigenvalue weighted by molar-refractivity contribution is 0.0211. The molecule has 3 aromatic rings. The number of amides is 3. The van der Waals surface area contributed by atoms with E-state index in [4.69, 9.17) is 14.5 Å². The second-order valence-corrected chi connectivity index (χ2v) is 13.3. The van der Waals surface area contributed by atoms with Crippen LogP contribution in [-0.2, 0) is 9.47 Å². The molecular formula is C32H42N6O5. The molecule has 5 rings (SSSR count). The average molecular weight is 591 g/mol. The monoisotopic (exact) mass is 590 g/mol. The van der Waals surface area contributed by atoms with E-state index in [-0.39, 0.29) is 30.2 Å². The number of rotatable bonds is 5. The fraction of sp³-hybridized carbons (Fsp3) is 0.531. The molecule has 1 aromatic carbocycles. The van der Waals surface area contributed by atoms with Gasteiger partial charge in [-0.25, -0.2) is 14.6 Å². The Labute approximate surface area is 252 Å². The quantitative estimate of drug-likeness (QED) is 0.383. The first-order valence-electron chi connectivity index (χ1n) is 15.0. The topological polar surface area (TPSA) is 130 Å². The Morgan fingerprint density at radius 1 is 0.907 bits per heavy atom. The van der Waals surface area contributed by atoms with Gasteiger partial charge in [0.2, 0.25) is 0 Å². The van der Waals surface area contributed by atoms with Gasteiger partial charge in [-0.1, -0.05) is 12.1 Å². The van der Waals surface area contributed by atoms with E-state index in [1.807, 2.05) is 65.8 Å². The summed E-state index contributed by atoms with van der Waals surface area (Å²) in [4.78, 5) is 54.2. The molecule has 2 unspecified atom stereocenters. The Balaban J connectivity index is 1.22. The number of benzene rings is 1. The minimum atomic E-state index is -0.567. The zero-order valence-corrected chi connectivity index (χ0v) is 25.9. The lowest BCUT2D eigenvalue weighted by Gasteiger charge is -2.28. The smallest absolute Gasteiger partial charge is 0.410 e. The van der Waals surface area contributed by atoms with Gasteiger partial charge in [-0.05, 0) is 91.0 Å². The lowest BCUT2D eigenvalue weighted by atomic mass is 10.1. The Bertz CT molecular complexity index is 1490. The Hall–Kier alpha value is -4.15. The maximum absolute atomic E-state index is 12.9. The molecule has 2 atom stereocenters. The molecule has 11 heteroatoms. The van der Waals surface area contributed by atoms with E-state index < -0.39 is 11.2 Å². The second-order valence-electron chi connectivity index (χ2n) is 13.3. The van der Waals surface area contributed by atoms with E-state index in [1.54, 1.807) is 22.1 Å². The zero-order chi connectivity index (χ0) is 30.9. The highest BCUT2D eigenvalue weighted by Crippen LogP contribution is 2.33. The van der Waals surface area contributed by atoms with Crippen LogP contribution in [0.5, 0.6) is 0 Å². The Morgan fingerprint density at radius 3 is 2.23 bits per heavy atom. The first kappa shape index (κ1) is 30.3. The molecule has 230 valence electrons. The summed E-state index contributed by atoms with van der Waals surface area (Å²) >= 11 is 0. The van der Waals surface area contributed by atoms with Gasteiger partial charge >= 0.3 is 12.2 Å². The number of pyridine rings is 1. The third-order valence-electron chi connectivity index (χ3n) is 7.53. The van der Waals surface area contributed by atoms with E-state index in [1.165, 1.54) is 0 Å². The van der Waals surface area contributed by atoms with Gasteiger partial charge in [0, 0.05) is 31.4 Å². The number of imidazole rings is 1. The summed E-state index contributed by atoms with van der Waals surface area (Å²) in [6.07, 6.45) is 4.39. The maximum atomic E-state index is 12.9. The van der Waals surface area contributed by atoms with Gasteiger partial charge in [0.1, 0.15) is 22.7 Å². The predicted octanol–water partition coefficient (Wildman–Crippen LogP) is 5.83. The minimum absolute atomic E-state index is 0.107. The number of aromatic amines is 1. The van der Waals surface area contributed by atoms with Gasteiger partial charge in [-0.2, -0.15) is 0 Å². The van der Waals surface area contributed by atoms with Crippen molar-refractivity contribution in [1.29, 1.82) is 0 Å². The van der Waals surface area contributed by atoms with Crippen LogP contribution in [-0.4, -0.2) is 79.7 Å². The van der Waals surface area contributed by atoms with E-state index >= 15 is 0 Å². The molecule has 43 heavy (non-hydrogen) atoms. The third kappa shape index (κ3) is 7.26. The molecular weight excluding hydrogens is 548 g/mol. The summed E-state index contributed by atoms with van der Waals surface area (Å²) < 4.78 is 11.1.